The Hall–Kier alpha value is -1.63. The van der Waals surface area contributed by atoms with Crippen molar-refractivity contribution in [3.63, 3.8) is 0 Å². The van der Waals surface area contributed by atoms with E-state index in [4.69, 9.17) is 4.74 Å². The van der Waals surface area contributed by atoms with Crippen molar-refractivity contribution >= 4 is 5.78 Å². The first-order valence-corrected chi connectivity index (χ1v) is 7.13. The number of ether oxygens (including phenoxy) is 1. The van der Waals surface area contributed by atoms with E-state index in [1.165, 1.54) is 0 Å². The summed E-state index contributed by atoms with van der Waals surface area (Å²) in [4.78, 5) is 11.8. The van der Waals surface area contributed by atoms with E-state index >= 15 is 0 Å². The van der Waals surface area contributed by atoms with Crippen LogP contribution < -0.4 is 10.1 Å². The van der Waals surface area contributed by atoms with Gasteiger partial charge in [-0.25, -0.2) is 4.39 Å². The molecule has 1 saturated heterocycles. The van der Waals surface area contributed by atoms with Crippen LogP contribution in [0, 0.1) is 5.82 Å². The van der Waals surface area contributed by atoms with Crippen LogP contribution >= 0.6 is 0 Å². The summed E-state index contributed by atoms with van der Waals surface area (Å²) in [6.07, 6.45) is -2.16. The van der Waals surface area contributed by atoms with E-state index in [1.54, 1.807) is 0 Å². The molecule has 122 valence electrons. The fourth-order valence-electron chi connectivity index (χ4n) is 2.38. The molecule has 1 atom stereocenters. The zero-order valence-corrected chi connectivity index (χ0v) is 11.9. The third kappa shape index (κ3) is 4.69. The molecule has 1 fully saturated rings. The van der Waals surface area contributed by atoms with Crippen LogP contribution in [0.4, 0.5) is 17.6 Å². The molecule has 0 radical (unpaired) electrons. The van der Waals surface area contributed by atoms with Gasteiger partial charge in [0.05, 0.1) is 18.2 Å². The van der Waals surface area contributed by atoms with Gasteiger partial charge in [-0.1, -0.05) is 0 Å². The molecule has 0 aliphatic carbocycles. The molecule has 0 saturated carbocycles. The van der Waals surface area contributed by atoms with Crippen LogP contribution in [-0.4, -0.2) is 25.0 Å². The quantitative estimate of drug-likeness (QED) is 0.646. The molecule has 3 nitrogen and oxygen atoms in total. The Morgan fingerprint density at radius 1 is 1.32 bits per heavy atom. The molecular formula is C15H17F4NO2. The molecule has 1 aliphatic rings. The number of hydrogen-bond acceptors (Lipinski definition) is 3. The highest BCUT2D eigenvalue weighted by Gasteiger charge is 2.31. The molecule has 1 aromatic rings. The second-order valence-corrected chi connectivity index (χ2v) is 5.24. The highest BCUT2D eigenvalue weighted by Crippen LogP contribution is 2.32. The lowest BCUT2D eigenvalue weighted by molar-refractivity contribution is -0.137. The topological polar surface area (TPSA) is 38.3 Å². The lowest BCUT2D eigenvalue weighted by Gasteiger charge is -2.11. The van der Waals surface area contributed by atoms with Gasteiger partial charge in [0.1, 0.15) is 17.3 Å². The van der Waals surface area contributed by atoms with Gasteiger partial charge in [-0.3, -0.25) is 4.79 Å². The van der Waals surface area contributed by atoms with E-state index in [2.05, 4.69) is 5.32 Å². The van der Waals surface area contributed by atoms with Crippen molar-refractivity contribution < 1.29 is 27.1 Å². The number of alkyl halides is 3. The molecule has 0 unspecified atom stereocenters. The number of benzene rings is 1. The average Bonchev–Trinajstić information content (AvgIpc) is 2.96. The average molecular weight is 319 g/mol. The molecule has 1 N–H and O–H groups in total. The number of Topliss-reactive ketones (excluding diaryl/α,β-unsaturated/α-hetero) is 1. The monoisotopic (exact) mass is 319 g/mol. The van der Waals surface area contributed by atoms with Crippen molar-refractivity contribution in [1.29, 1.82) is 0 Å². The summed E-state index contributed by atoms with van der Waals surface area (Å²) in [5.74, 6) is -1.11. The molecule has 1 aliphatic heterocycles. The van der Waals surface area contributed by atoms with E-state index in [-0.39, 0.29) is 24.2 Å². The van der Waals surface area contributed by atoms with E-state index in [1.807, 2.05) is 0 Å². The number of carbonyl (C=O) groups excluding carboxylic acids is 1. The molecule has 0 aromatic heterocycles. The maximum absolute atomic E-state index is 13.2. The van der Waals surface area contributed by atoms with Crippen molar-refractivity contribution in [2.24, 2.45) is 0 Å². The Kier molecular flexibility index (Phi) is 5.39. The molecule has 0 bridgehead atoms. The maximum atomic E-state index is 13.2. The minimum atomic E-state index is -4.62. The Labute approximate surface area is 125 Å². The minimum absolute atomic E-state index is 0.0687. The van der Waals surface area contributed by atoms with E-state index in [0.29, 0.717) is 18.9 Å². The summed E-state index contributed by atoms with van der Waals surface area (Å²) in [6.45, 7) is 0.898. The smallest absolute Gasteiger partial charge is 0.416 e. The van der Waals surface area contributed by atoms with Gasteiger partial charge in [0, 0.05) is 12.5 Å². The fraction of sp³-hybridized carbons (Fsp3) is 0.533. The zero-order chi connectivity index (χ0) is 16.2. The third-order valence-electron chi connectivity index (χ3n) is 3.48. The summed E-state index contributed by atoms with van der Waals surface area (Å²) >= 11 is 0. The number of ketones is 1. The number of hydrogen-bond donors (Lipinski definition) is 1. The summed E-state index contributed by atoms with van der Waals surface area (Å²) in [5, 5.41) is 3.08. The lowest BCUT2D eigenvalue weighted by Crippen LogP contribution is -2.30. The first-order chi connectivity index (χ1) is 10.4. The first kappa shape index (κ1) is 16.7. The highest BCUT2D eigenvalue weighted by atomic mass is 19.4. The first-order valence-electron chi connectivity index (χ1n) is 7.13. The van der Waals surface area contributed by atoms with Crippen molar-refractivity contribution in [1.82, 2.24) is 5.32 Å². The van der Waals surface area contributed by atoms with Gasteiger partial charge >= 0.3 is 6.18 Å². The molecule has 0 amide bonds. The maximum Gasteiger partial charge on any atom is 0.416 e. The summed E-state index contributed by atoms with van der Waals surface area (Å²) in [7, 11) is 0. The van der Waals surface area contributed by atoms with Crippen LogP contribution in [-0.2, 0) is 11.0 Å². The Morgan fingerprint density at radius 3 is 2.73 bits per heavy atom. The van der Waals surface area contributed by atoms with Gasteiger partial charge in [-0.05, 0) is 37.9 Å². The van der Waals surface area contributed by atoms with Gasteiger partial charge in [-0.2, -0.15) is 13.2 Å². The van der Waals surface area contributed by atoms with Crippen LogP contribution in [0.5, 0.6) is 5.75 Å². The standard InChI is InChI=1S/C15H17F4NO2/c16-11-7-10(15(17,18)19)8-12(9-11)22-6-2-4-14(21)13-3-1-5-20-13/h7-9,13,20H,1-6H2/t13-/m1/s1. The van der Waals surface area contributed by atoms with Gasteiger partial charge in [0.15, 0.2) is 0 Å². The molecule has 0 spiro atoms. The highest BCUT2D eigenvalue weighted by molar-refractivity contribution is 5.84. The predicted octanol–water partition coefficient (Wildman–Crippen LogP) is 3.32. The van der Waals surface area contributed by atoms with Crippen LogP contribution in [0.25, 0.3) is 0 Å². The van der Waals surface area contributed by atoms with Gasteiger partial charge in [0.25, 0.3) is 0 Å². The zero-order valence-electron chi connectivity index (χ0n) is 11.9. The minimum Gasteiger partial charge on any atom is -0.493 e. The number of nitrogens with one attached hydrogen (secondary N) is 1. The van der Waals surface area contributed by atoms with Gasteiger partial charge < -0.3 is 10.1 Å². The number of rotatable bonds is 6. The van der Waals surface area contributed by atoms with Crippen LogP contribution in [0.3, 0.4) is 0 Å². The summed E-state index contributed by atoms with van der Waals surface area (Å²) in [5.41, 5.74) is -1.09. The van der Waals surface area contributed by atoms with Gasteiger partial charge in [0.2, 0.25) is 0 Å². The molecule has 1 aromatic carbocycles. The predicted molar refractivity (Wildman–Crippen MR) is 72.2 cm³/mol. The van der Waals surface area contributed by atoms with E-state index < -0.39 is 17.6 Å². The SMILES string of the molecule is O=C(CCCOc1cc(F)cc(C(F)(F)F)c1)[C@H]1CCCN1. The third-order valence-corrected chi connectivity index (χ3v) is 3.48. The van der Waals surface area contributed by atoms with Crippen LogP contribution in [0.2, 0.25) is 0 Å². The number of halogens is 4. The molecule has 7 heteroatoms. The summed E-state index contributed by atoms with van der Waals surface area (Å²) in [6, 6.07) is 1.95. The van der Waals surface area contributed by atoms with Gasteiger partial charge in [-0.15, -0.1) is 0 Å². The fourth-order valence-corrected chi connectivity index (χ4v) is 2.38. The van der Waals surface area contributed by atoms with Crippen LogP contribution in [0.1, 0.15) is 31.2 Å². The second-order valence-electron chi connectivity index (χ2n) is 5.24. The van der Waals surface area contributed by atoms with Crippen molar-refractivity contribution in [3.05, 3.63) is 29.6 Å². The lowest BCUT2D eigenvalue weighted by atomic mass is 10.1. The Morgan fingerprint density at radius 2 is 2.09 bits per heavy atom. The molecule has 22 heavy (non-hydrogen) atoms. The Bertz CT molecular complexity index is 525. The second kappa shape index (κ2) is 7.09. The normalized spacial score (nSPS) is 18.5. The molecule has 2 rings (SSSR count). The van der Waals surface area contributed by atoms with Crippen molar-refractivity contribution in [3.8, 4) is 5.75 Å². The molecule has 1 heterocycles. The largest absolute Gasteiger partial charge is 0.493 e. The van der Waals surface area contributed by atoms with E-state index in [9.17, 15) is 22.4 Å². The molecular weight excluding hydrogens is 302 g/mol. The van der Waals surface area contributed by atoms with Crippen molar-refractivity contribution in [2.45, 2.75) is 37.9 Å². The van der Waals surface area contributed by atoms with E-state index in [0.717, 1.165) is 31.5 Å². The Balaban J connectivity index is 1.81. The van der Waals surface area contributed by atoms with Crippen LogP contribution in [0.15, 0.2) is 18.2 Å². The summed E-state index contributed by atoms with van der Waals surface area (Å²) < 4.78 is 55.9. The number of carbonyl (C=O) groups is 1. The van der Waals surface area contributed by atoms with Crippen molar-refractivity contribution in [2.75, 3.05) is 13.2 Å².